The molecule has 0 fully saturated rings. The second kappa shape index (κ2) is 9.48. The van der Waals surface area contributed by atoms with E-state index >= 15 is 0 Å². The summed E-state index contributed by atoms with van der Waals surface area (Å²) < 4.78 is 13.9. The zero-order chi connectivity index (χ0) is 23.5. The van der Waals surface area contributed by atoms with E-state index in [-0.39, 0.29) is 5.82 Å². The van der Waals surface area contributed by atoms with Crippen molar-refractivity contribution in [3.63, 3.8) is 0 Å². The number of aliphatic imine (C=N–C) groups is 2. The van der Waals surface area contributed by atoms with Crippen LogP contribution >= 0.6 is 0 Å². The minimum absolute atomic E-state index is 0.215. The predicted molar refractivity (Wildman–Crippen MR) is 136 cm³/mol. The van der Waals surface area contributed by atoms with Crippen LogP contribution in [0.4, 0.5) is 10.1 Å². The molecule has 0 amide bonds. The third-order valence-electron chi connectivity index (χ3n) is 6.04. The van der Waals surface area contributed by atoms with Crippen LogP contribution in [0.1, 0.15) is 30.0 Å². The van der Waals surface area contributed by atoms with Crippen LogP contribution in [-0.2, 0) is 6.54 Å². The Kier molecular flexibility index (Phi) is 6.09. The molecular formula is C29H25FN4. The van der Waals surface area contributed by atoms with Gasteiger partial charge in [-0.15, -0.1) is 0 Å². The van der Waals surface area contributed by atoms with E-state index in [1.165, 1.54) is 6.07 Å². The Morgan fingerprint density at radius 1 is 0.941 bits per heavy atom. The van der Waals surface area contributed by atoms with Crippen LogP contribution in [0.3, 0.4) is 0 Å². The van der Waals surface area contributed by atoms with Crippen molar-refractivity contribution in [1.29, 1.82) is 0 Å². The Balaban J connectivity index is 1.59. The lowest BCUT2D eigenvalue weighted by atomic mass is 9.93. The van der Waals surface area contributed by atoms with Crippen LogP contribution < -0.4 is 0 Å². The van der Waals surface area contributed by atoms with E-state index < -0.39 is 0 Å². The highest BCUT2D eigenvalue weighted by Crippen LogP contribution is 2.35. The number of pyridine rings is 2. The number of rotatable bonds is 4. The molecule has 1 aliphatic rings. The van der Waals surface area contributed by atoms with E-state index in [2.05, 4.69) is 35.1 Å². The van der Waals surface area contributed by atoms with Crippen LogP contribution in [0.15, 0.2) is 89.2 Å². The number of nitrogens with zero attached hydrogens (tertiary/aromatic N) is 4. The number of hydrogen-bond donors (Lipinski definition) is 0. The van der Waals surface area contributed by atoms with E-state index in [9.17, 15) is 4.39 Å². The molecule has 0 bridgehead atoms. The first-order valence-electron chi connectivity index (χ1n) is 11.4. The Morgan fingerprint density at radius 3 is 2.59 bits per heavy atom. The van der Waals surface area contributed by atoms with Gasteiger partial charge in [0.25, 0.3) is 0 Å². The number of benzene rings is 2. The molecule has 2 aromatic heterocycles. The maximum Gasteiger partial charge on any atom is 0.126 e. The second-order valence-electron chi connectivity index (χ2n) is 8.67. The lowest BCUT2D eigenvalue weighted by Gasteiger charge is -2.14. The van der Waals surface area contributed by atoms with Crippen molar-refractivity contribution in [2.45, 2.75) is 26.8 Å². The van der Waals surface area contributed by atoms with Gasteiger partial charge in [0.15, 0.2) is 0 Å². The molecule has 5 rings (SSSR count). The summed E-state index contributed by atoms with van der Waals surface area (Å²) in [6.07, 6.45) is 8.18. The topological polar surface area (TPSA) is 50.5 Å². The van der Waals surface area contributed by atoms with Crippen molar-refractivity contribution >= 4 is 17.6 Å². The average molecular weight is 449 g/mol. The molecule has 2 aromatic carbocycles. The zero-order valence-electron chi connectivity index (χ0n) is 19.2. The molecular weight excluding hydrogens is 423 g/mol. The van der Waals surface area contributed by atoms with Crippen molar-refractivity contribution in [3.05, 3.63) is 102 Å². The van der Waals surface area contributed by atoms with E-state index in [1.54, 1.807) is 31.6 Å². The molecule has 4 nitrogen and oxygen atoms in total. The summed E-state index contributed by atoms with van der Waals surface area (Å²) in [6, 6.07) is 19.4. The van der Waals surface area contributed by atoms with Crippen LogP contribution in [0, 0.1) is 18.7 Å². The predicted octanol–water partition coefficient (Wildman–Crippen LogP) is 6.99. The molecule has 0 N–H and O–H groups in total. The van der Waals surface area contributed by atoms with Crippen molar-refractivity contribution in [2.24, 2.45) is 15.9 Å². The molecule has 3 heterocycles. The molecule has 168 valence electrons. The minimum atomic E-state index is -0.215. The van der Waals surface area contributed by atoms with Gasteiger partial charge in [-0.2, -0.15) is 0 Å². The largest absolute Gasteiger partial charge is 0.284 e. The van der Waals surface area contributed by atoms with Gasteiger partial charge in [-0.05, 0) is 84.5 Å². The summed E-state index contributed by atoms with van der Waals surface area (Å²) in [4.78, 5) is 18.5. The number of aryl methyl sites for hydroxylation is 1. The fraction of sp³-hybridized carbons (Fsp3) is 0.172. The monoisotopic (exact) mass is 448 g/mol. The van der Waals surface area contributed by atoms with Gasteiger partial charge in [0.05, 0.1) is 17.9 Å². The first-order chi connectivity index (χ1) is 16.6. The summed E-state index contributed by atoms with van der Waals surface area (Å²) in [5.74, 6) is 0.0801. The molecule has 34 heavy (non-hydrogen) atoms. The molecule has 0 aliphatic carbocycles. The Labute approximate surface area is 199 Å². The van der Waals surface area contributed by atoms with Crippen molar-refractivity contribution in [3.8, 4) is 22.4 Å². The van der Waals surface area contributed by atoms with E-state index in [0.717, 1.165) is 51.3 Å². The quantitative estimate of drug-likeness (QED) is 0.338. The molecule has 0 spiro atoms. The van der Waals surface area contributed by atoms with Crippen molar-refractivity contribution in [2.75, 3.05) is 0 Å². The van der Waals surface area contributed by atoms with Crippen LogP contribution in [0.2, 0.25) is 0 Å². The summed E-state index contributed by atoms with van der Waals surface area (Å²) >= 11 is 0. The van der Waals surface area contributed by atoms with Crippen LogP contribution in [-0.4, -0.2) is 21.9 Å². The molecule has 0 saturated heterocycles. The summed E-state index contributed by atoms with van der Waals surface area (Å²) in [5, 5.41) is 0. The van der Waals surface area contributed by atoms with Gasteiger partial charge in [0.1, 0.15) is 5.82 Å². The van der Waals surface area contributed by atoms with Crippen LogP contribution in [0.5, 0.6) is 0 Å². The van der Waals surface area contributed by atoms with E-state index in [0.29, 0.717) is 18.0 Å². The zero-order valence-corrected chi connectivity index (χ0v) is 19.2. The second-order valence-corrected chi connectivity index (χ2v) is 8.67. The molecule has 4 aromatic rings. The third kappa shape index (κ3) is 4.55. The van der Waals surface area contributed by atoms with Gasteiger partial charge in [-0.25, -0.2) is 4.39 Å². The summed E-state index contributed by atoms with van der Waals surface area (Å²) in [7, 11) is 0. The van der Waals surface area contributed by atoms with Crippen molar-refractivity contribution in [1.82, 2.24) is 9.97 Å². The van der Waals surface area contributed by atoms with Gasteiger partial charge in [0, 0.05) is 47.2 Å². The first-order valence-corrected chi connectivity index (χ1v) is 11.4. The molecule has 1 unspecified atom stereocenters. The van der Waals surface area contributed by atoms with Crippen molar-refractivity contribution < 1.29 is 4.39 Å². The SMILES string of the molecule is Cc1cc(-c2ncccc2-c2ccc3c(c2)C(=NCc2ccncc2)CC(C)C=N3)ccc1F. The maximum atomic E-state index is 13.9. The van der Waals surface area contributed by atoms with Gasteiger partial charge < -0.3 is 0 Å². The number of hydrogen-bond acceptors (Lipinski definition) is 4. The highest BCUT2D eigenvalue weighted by molar-refractivity contribution is 6.08. The normalized spacial score (nSPS) is 16.3. The highest BCUT2D eigenvalue weighted by Gasteiger charge is 2.18. The first kappa shape index (κ1) is 21.8. The molecule has 1 atom stereocenters. The minimum Gasteiger partial charge on any atom is -0.284 e. The summed E-state index contributed by atoms with van der Waals surface area (Å²) in [5.41, 5.74) is 8.47. The number of aromatic nitrogens is 2. The van der Waals surface area contributed by atoms with Gasteiger partial charge in [-0.1, -0.05) is 19.1 Å². The van der Waals surface area contributed by atoms with Crippen LogP contribution in [0.25, 0.3) is 22.4 Å². The smallest absolute Gasteiger partial charge is 0.126 e. The Hall–Kier alpha value is -3.99. The highest BCUT2D eigenvalue weighted by atomic mass is 19.1. The van der Waals surface area contributed by atoms with Gasteiger partial charge >= 0.3 is 0 Å². The Bertz CT molecular complexity index is 1390. The van der Waals surface area contributed by atoms with Gasteiger partial charge in [0.2, 0.25) is 0 Å². The number of fused-ring (bicyclic) bond motifs is 1. The summed E-state index contributed by atoms with van der Waals surface area (Å²) in [6.45, 7) is 4.53. The molecule has 5 heteroatoms. The lowest BCUT2D eigenvalue weighted by molar-refractivity contribution is 0.619. The number of halogens is 1. The average Bonchev–Trinajstić information content (AvgIpc) is 3.03. The molecule has 1 aliphatic heterocycles. The fourth-order valence-corrected chi connectivity index (χ4v) is 4.21. The fourth-order valence-electron chi connectivity index (χ4n) is 4.21. The molecule has 0 radical (unpaired) electrons. The Morgan fingerprint density at radius 2 is 1.76 bits per heavy atom. The standard InChI is InChI=1S/C29H25FN4/c1-19-14-28(34-18-21-9-12-31-13-10-21)25-16-22(6-8-27(25)33-17-19)24-4-3-11-32-29(24)23-5-7-26(30)20(2)15-23/h3-13,15-17,19H,14,18H2,1-2H3. The molecule has 0 saturated carbocycles. The van der Waals surface area contributed by atoms with Gasteiger partial charge in [-0.3, -0.25) is 20.0 Å². The van der Waals surface area contributed by atoms with E-state index in [4.69, 9.17) is 9.98 Å². The lowest BCUT2D eigenvalue weighted by Crippen LogP contribution is -2.07. The third-order valence-corrected chi connectivity index (χ3v) is 6.04. The maximum absolute atomic E-state index is 13.9. The van der Waals surface area contributed by atoms with E-state index in [1.807, 2.05) is 36.5 Å².